The van der Waals surface area contributed by atoms with Crippen molar-refractivity contribution in [2.75, 3.05) is 0 Å². The lowest BCUT2D eigenvalue weighted by Crippen LogP contribution is -1.97. The van der Waals surface area contributed by atoms with Crippen LogP contribution < -0.4 is 0 Å². The van der Waals surface area contributed by atoms with E-state index in [1.807, 2.05) is 24.3 Å². The van der Waals surface area contributed by atoms with Crippen LogP contribution >= 0.6 is 23.2 Å². The summed E-state index contributed by atoms with van der Waals surface area (Å²) in [7, 11) is 0. The Balaban J connectivity index is 2.20. The van der Waals surface area contributed by atoms with E-state index in [9.17, 15) is 0 Å². The molecule has 0 spiro atoms. The van der Waals surface area contributed by atoms with E-state index < -0.39 is 0 Å². The Morgan fingerprint density at radius 2 is 1.58 bits per heavy atom. The molecule has 19 heavy (non-hydrogen) atoms. The van der Waals surface area contributed by atoms with E-state index >= 15 is 0 Å². The van der Waals surface area contributed by atoms with Gasteiger partial charge in [-0.1, -0.05) is 67.9 Å². The summed E-state index contributed by atoms with van der Waals surface area (Å²) >= 11 is 12.7. The van der Waals surface area contributed by atoms with Gasteiger partial charge in [0.2, 0.25) is 0 Å². The van der Waals surface area contributed by atoms with Gasteiger partial charge < -0.3 is 0 Å². The van der Waals surface area contributed by atoms with Gasteiger partial charge in [-0.15, -0.1) is 11.6 Å². The Kier molecular flexibility index (Phi) is 4.90. The average molecular weight is 293 g/mol. The summed E-state index contributed by atoms with van der Waals surface area (Å²) in [4.78, 5) is 0. The van der Waals surface area contributed by atoms with Crippen LogP contribution in [0.4, 0.5) is 0 Å². The highest BCUT2D eigenvalue weighted by Gasteiger charge is 2.13. The van der Waals surface area contributed by atoms with Gasteiger partial charge in [0.15, 0.2) is 0 Å². The second-order valence-electron chi connectivity index (χ2n) is 5.22. The fourth-order valence-electron chi connectivity index (χ4n) is 2.15. The van der Waals surface area contributed by atoms with Crippen molar-refractivity contribution in [2.45, 2.75) is 25.6 Å². The fourth-order valence-corrected chi connectivity index (χ4v) is 2.79. The smallest absolute Gasteiger partial charge is 0.0849 e. The van der Waals surface area contributed by atoms with Gasteiger partial charge in [0, 0.05) is 5.02 Å². The Bertz CT molecular complexity index is 529. The standard InChI is InChI=1S/C17H18Cl2/c1-12(2)11-13-7-9-14(10-8-13)17(19)15-5-3-4-6-16(15)18/h3-10,12,17H,11H2,1-2H3. The van der Waals surface area contributed by atoms with Crippen molar-refractivity contribution >= 4 is 23.2 Å². The Morgan fingerprint density at radius 1 is 0.947 bits per heavy atom. The molecule has 0 saturated carbocycles. The minimum atomic E-state index is -0.193. The Labute approximate surface area is 125 Å². The molecular formula is C17H18Cl2. The number of halogens is 2. The summed E-state index contributed by atoms with van der Waals surface area (Å²) in [6.07, 6.45) is 1.10. The van der Waals surface area contributed by atoms with Crippen LogP contribution in [0, 0.1) is 5.92 Å². The molecule has 1 unspecified atom stereocenters. The second kappa shape index (κ2) is 6.45. The van der Waals surface area contributed by atoms with E-state index in [2.05, 4.69) is 38.1 Å². The zero-order chi connectivity index (χ0) is 13.8. The SMILES string of the molecule is CC(C)Cc1ccc(C(Cl)c2ccccc2Cl)cc1. The van der Waals surface area contributed by atoms with Gasteiger partial charge in [-0.05, 0) is 35.1 Å². The molecule has 1 atom stereocenters. The largest absolute Gasteiger partial charge is 0.113 e. The number of hydrogen-bond donors (Lipinski definition) is 0. The normalized spacial score (nSPS) is 12.7. The quantitative estimate of drug-likeness (QED) is 0.619. The molecule has 2 aromatic carbocycles. The summed E-state index contributed by atoms with van der Waals surface area (Å²) in [6.45, 7) is 4.45. The van der Waals surface area contributed by atoms with Crippen LogP contribution in [0.5, 0.6) is 0 Å². The lowest BCUT2D eigenvalue weighted by Gasteiger charge is -2.13. The van der Waals surface area contributed by atoms with E-state index in [0.717, 1.165) is 17.5 Å². The summed E-state index contributed by atoms with van der Waals surface area (Å²) in [6, 6.07) is 16.2. The van der Waals surface area contributed by atoms with Gasteiger partial charge >= 0.3 is 0 Å². The third-order valence-electron chi connectivity index (χ3n) is 3.09. The van der Waals surface area contributed by atoms with Crippen LogP contribution in [0.25, 0.3) is 0 Å². The first-order valence-electron chi connectivity index (χ1n) is 6.55. The molecule has 2 rings (SSSR count). The van der Waals surface area contributed by atoms with Crippen molar-refractivity contribution in [1.29, 1.82) is 0 Å². The molecule has 0 aliphatic rings. The molecule has 2 heteroatoms. The molecule has 0 saturated heterocycles. The van der Waals surface area contributed by atoms with Gasteiger partial charge in [0.25, 0.3) is 0 Å². The Hall–Kier alpha value is -0.980. The number of alkyl halides is 1. The van der Waals surface area contributed by atoms with E-state index in [-0.39, 0.29) is 5.38 Å². The topological polar surface area (TPSA) is 0 Å². The molecule has 2 aromatic rings. The van der Waals surface area contributed by atoms with Gasteiger partial charge in [-0.25, -0.2) is 0 Å². The van der Waals surface area contributed by atoms with Gasteiger partial charge in [0.05, 0.1) is 5.38 Å². The molecule has 100 valence electrons. The summed E-state index contributed by atoms with van der Waals surface area (Å²) in [5, 5.41) is 0.524. The van der Waals surface area contributed by atoms with Crippen LogP contribution in [0.3, 0.4) is 0 Å². The van der Waals surface area contributed by atoms with E-state index in [1.165, 1.54) is 5.56 Å². The molecule has 0 heterocycles. The lowest BCUT2D eigenvalue weighted by atomic mass is 9.99. The minimum Gasteiger partial charge on any atom is -0.113 e. The maximum absolute atomic E-state index is 6.51. The summed E-state index contributed by atoms with van der Waals surface area (Å²) in [5.41, 5.74) is 3.39. The maximum Gasteiger partial charge on any atom is 0.0849 e. The molecule has 0 nitrogen and oxygen atoms in total. The van der Waals surface area contributed by atoms with Crippen molar-refractivity contribution < 1.29 is 0 Å². The molecule has 0 aliphatic carbocycles. The van der Waals surface area contributed by atoms with E-state index in [0.29, 0.717) is 10.9 Å². The predicted molar refractivity (Wildman–Crippen MR) is 84.1 cm³/mol. The zero-order valence-electron chi connectivity index (χ0n) is 11.2. The van der Waals surface area contributed by atoms with E-state index in [1.54, 1.807) is 0 Å². The zero-order valence-corrected chi connectivity index (χ0v) is 12.7. The fraction of sp³-hybridized carbons (Fsp3) is 0.294. The highest BCUT2D eigenvalue weighted by Crippen LogP contribution is 2.33. The highest BCUT2D eigenvalue weighted by molar-refractivity contribution is 6.33. The summed E-state index contributed by atoms with van der Waals surface area (Å²) in [5.74, 6) is 0.668. The Morgan fingerprint density at radius 3 is 2.16 bits per heavy atom. The molecule has 0 aromatic heterocycles. The second-order valence-corrected chi connectivity index (χ2v) is 6.07. The number of benzene rings is 2. The molecular weight excluding hydrogens is 275 g/mol. The van der Waals surface area contributed by atoms with Crippen LogP contribution in [-0.2, 0) is 6.42 Å². The molecule has 0 bridgehead atoms. The first-order chi connectivity index (χ1) is 9.08. The van der Waals surface area contributed by atoms with Crippen LogP contribution in [0.1, 0.15) is 35.9 Å². The third kappa shape index (κ3) is 3.75. The van der Waals surface area contributed by atoms with Gasteiger partial charge in [-0.3, -0.25) is 0 Å². The predicted octanol–water partition coefficient (Wildman–Crippen LogP) is 5.87. The first kappa shape index (κ1) is 14.4. The molecule has 0 amide bonds. The monoisotopic (exact) mass is 292 g/mol. The van der Waals surface area contributed by atoms with Crippen LogP contribution in [0.15, 0.2) is 48.5 Å². The average Bonchev–Trinajstić information content (AvgIpc) is 2.39. The van der Waals surface area contributed by atoms with Crippen molar-refractivity contribution in [3.63, 3.8) is 0 Å². The first-order valence-corrected chi connectivity index (χ1v) is 7.36. The van der Waals surface area contributed by atoms with Crippen LogP contribution in [-0.4, -0.2) is 0 Å². The number of hydrogen-bond acceptors (Lipinski definition) is 0. The van der Waals surface area contributed by atoms with E-state index in [4.69, 9.17) is 23.2 Å². The third-order valence-corrected chi connectivity index (χ3v) is 3.93. The lowest BCUT2D eigenvalue weighted by molar-refractivity contribution is 0.647. The minimum absolute atomic E-state index is 0.193. The molecule has 0 fully saturated rings. The van der Waals surface area contributed by atoms with Crippen molar-refractivity contribution in [3.05, 3.63) is 70.2 Å². The van der Waals surface area contributed by atoms with Crippen molar-refractivity contribution in [1.82, 2.24) is 0 Å². The van der Waals surface area contributed by atoms with Crippen molar-refractivity contribution in [3.8, 4) is 0 Å². The molecule has 0 N–H and O–H groups in total. The maximum atomic E-state index is 6.51. The number of rotatable bonds is 4. The molecule has 0 radical (unpaired) electrons. The molecule has 0 aliphatic heterocycles. The van der Waals surface area contributed by atoms with Gasteiger partial charge in [0.1, 0.15) is 0 Å². The summed E-state index contributed by atoms with van der Waals surface area (Å²) < 4.78 is 0. The van der Waals surface area contributed by atoms with Crippen LogP contribution in [0.2, 0.25) is 5.02 Å². The van der Waals surface area contributed by atoms with Gasteiger partial charge in [-0.2, -0.15) is 0 Å². The highest BCUT2D eigenvalue weighted by atomic mass is 35.5. The van der Waals surface area contributed by atoms with Crippen molar-refractivity contribution in [2.24, 2.45) is 5.92 Å².